The maximum absolute atomic E-state index is 14.1. The Labute approximate surface area is 168 Å². The molecule has 2 fully saturated rings. The number of aromatic nitrogens is 2. The number of para-hydroxylation sites is 3. The number of fused-ring (bicyclic) bond motifs is 1. The second kappa shape index (κ2) is 7.09. The quantitative estimate of drug-likeness (QED) is 0.643. The topological polar surface area (TPSA) is 58.2 Å². The van der Waals surface area contributed by atoms with Gasteiger partial charge in [-0.1, -0.05) is 24.3 Å². The van der Waals surface area contributed by atoms with E-state index < -0.39 is 17.5 Å². The Hall–Kier alpha value is -2.60. The SMILES string of the molecule is Cl.O=C1O[C@]2(CC[C@H](c3nc4ccccc4[nH]3)CC2)CN1c1ccccc1F. The van der Waals surface area contributed by atoms with Crippen LogP contribution in [0.2, 0.25) is 0 Å². The van der Waals surface area contributed by atoms with Gasteiger partial charge in [-0.3, -0.25) is 4.90 Å². The van der Waals surface area contributed by atoms with Gasteiger partial charge < -0.3 is 9.72 Å². The number of H-pyrrole nitrogens is 1. The molecule has 1 amide bonds. The minimum absolute atomic E-state index is 0. The maximum Gasteiger partial charge on any atom is 0.415 e. The van der Waals surface area contributed by atoms with E-state index in [1.165, 1.54) is 11.0 Å². The molecule has 0 atom stereocenters. The number of ether oxygens (including phenoxy) is 1. The Balaban J connectivity index is 0.00000192. The van der Waals surface area contributed by atoms with Crippen LogP contribution < -0.4 is 4.90 Å². The highest BCUT2D eigenvalue weighted by Gasteiger charge is 2.48. The third-order valence-electron chi connectivity index (χ3n) is 5.80. The lowest BCUT2D eigenvalue weighted by molar-refractivity contribution is 0.0208. The summed E-state index contributed by atoms with van der Waals surface area (Å²) in [6.45, 7) is 0.402. The molecular formula is C21H21ClFN3O2. The van der Waals surface area contributed by atoms with Gasteiger partial charge in [0.2, 0.25) is 0 Å². The van der Waals surface area contributed by atoms with Gasteiger partial charge in [-0.05, 0) is 49.9 Å². The molecular weight excluding hydrogens is 381 g/mol. The highest BCUT2D eigenvalue weighted by molar-refractivity contribution is 5.90. The molecule has 28 heavy (non-hydrogen) atoms. The molecule has 5 rings (SSSR count). The fourth-order valence-electron chi connectivity index (χ4n) is 4.32. The highest BCUT2D eigenvalue weighted by Crippen LogP contribution is 2.43. The molecule has 5 nitrogen and oxygen atoms in total. The van der Waals surface area contributed by atoms with E-state index in [4.69, 9.17) is 9.72 Å². The monoisotopic (exact) mass is 401 g/mol. The first kappa shape index (κ1) is 18.7. The normalized spacial score (nSPS) is 24.4. The summed E-state index contributed by atoms with van der Waals surface area (Å²) >= 11 is 0. The number of halogens is 2. The van der Waals surface area contributed by atoms with Crippen molar-refractivity contribution in [3.8, 4) is 0 Å². The zero-order valence-electron chi connectivity index (χ0n) is 15.2. The average Bonchev–Trinajstić information content (AvgIpc) is 3.24. The van der Waals surface area contributed by atoms with E-state index in [2.05, 4.69) is 4.98 Å². The van der Waals surface area contributed by atoms with Crippen molar-refractivity contribution in [2.75, 3.05) is 11.4 Å². The number of nitrogens with one attached hydrogen (secondary N) is 1. The molecule has 2 aromatic carbocycles. The molecule has 3 aromatic rings. The fraction of sp³-hybridized carbons (Fsp3) is 0.333. The molecule has 1 aliphatic heterocycles. The summed E-state index contributed by atoms with van der Waals surface area (Å²) in [6, 6.07) is 14.4. The van der Waals surface area contributed by atoms with Crippen LogP contribution in [0, 0.1) is 5.82 Å². The Morgan fingerprint density at radius 3 is 2.57 bits per heavy atom. The summed E-state index contributed by atoms with van der Waals surface area (Å²) in [5.41, 5.74) is 1.79. The minimum Gasteiger partial charge on any atom is -0.441 e. The van der Waals surface area contributed by atoms with Crippen molar-refractivity contribution >= 4 is 35.2 Å². The number of hydrogen-bond acceptors (Lipinski definition) is 3. The number of carbonyl (C=O) groups excluding carboxylic acids is 1. The molecule has 7 heteroatoms. The molecule has 1 aliphatic carbocycles. The lowest BCUT2D eigenvalue weighted by Crippen LogP contribution is -2.38. The van der Waals surface area contributed by atoms with Gasteiger partial charge in [0.1, 0.15) is 17.2 Å². The van der Waals surface area contributed by atoms with Gasteiger partial charge in [0.05, 0.1) is 23.3 Å². The first-order valence-electron chi connectivity index (χ1n) is 9.33. The van der Waals surface area contributed by atoms with E-state index in [0.717, 1.165) is 42.5 Å². The number of carbonyl (C=O) groups is 1. The van der Waals surface area contributed by atoms with Crippen molar-refractivity contribution in [2.45, 2.75) is 37.2 Å². The van der Waals surface area contributed by atoms with Gasteiger partial charge in [0.25, 0.3) is 0 Å². The number of benzene rings is 2. The Morgan fingerprint density at radius 2 is 1.82 bits per heavy atom. The van der Waals surface area contributed by atoms with Crippen LogP contribution in [0.1, 0.15) is 37.4 Å². The van der Waals surface area contributed by atoms with E-state index in [1.807, 2.05) is 24.3 Å². The van der Waals surface area contributed by atoms with Crippen molar-refractivity contribution in [3.63, 3.8) is 0 Å². The number of nitrogens with zero attached hydrogens (tertiary/aromatic N) is 2. The number of aromatic amines is 1. The highest BCUT2D eigenvalue weighted by atomic mass is 35.5. The van der Waals surface area contributed by atoms with Crippen LogP contribution in [0.25, 0.3) is 11.0 Å². The smallest absolute Gasteiger partial charge is 0.415 e. The van der Waals surface area contributed by atoms with Crippen molar-refractivity contribution in [2.24, 2.45) is 0 Å². The minimum atomic E-state index is -0.526. The lowest BCUT2D eigenvalue weighted by Gasteiger charge is -2.34. The third kappa shape index (κ3) is 3.11. The van der Waals surface area contributed by atoms with E-state index in [-0.39, 0.29) is 12.4 Å². The zero-order chi connectivity index (χ0) is 18.4. The van der Waals surface area contributed by atoms with Crippen LogP contribution in [-0.2, 0) is 4.74 Å². The number of imidazole rings is 1. The predicted molar refractivity (Wildman–Crippen MR) is 108 cm³/mol. The standard InChI is InChI=1S/C21H20FN3O2.ClH/c22-15-5-1-4-8-18(15)25-13-21(27-20(25)26)11-9-14(10-12-21)19-23-16-6-2-3-7-17(16)24-19;/h1-8,14H,9-13H2,(H,23,24);1H/t14-,21-;. The van der Waals surface area contributed by atoms with Crippen molar-refractivity contribution in [1.29, 1.82) is 0 Å². The second-order valence-corrected chi connectivity index (χ2v) is 7.50. The van der Waals surface area contributed by atoms with Crippen LogP contribution in [0.4, 0.5) is 14.9 Å². The summed E-state index contributed by atoms with van der Waals surface area (Å²) < 4.78 is 19.8. The largest absolute Gasteiger partial charge is 0.441 e. The third-order valence-corrected chi connectivity index (χ3v) is 5.80. The summed E-state index contributed by atoms with van der Waals surface area (Å²) in [4.78, 5) is 21.9. The van der Waals surface area contributed by atoms with Gasteiger partial charge in [-0.15, -0.1) is 12.4 Å². The van der Waals surface area contributed by atoms with Crippen molar-refractivity contribution < 1.29 is 13.9 Å². The summed E-state index contributed by atoms with van der Waals surface area (Å²) in [5.74, 6) is 0.924. The molecule has 1 spiro atoms. The molecule has 1 saturated carbocycles. The first-order valence-corrected chi connectivity index (χ1v) is 9.33. The number of hydrogen-bond donors (Lipinski definition) is 1. The molecule has 2 aliphatic rings. The predicted octanol–water partition coefficient (Wildman–Crippen LogP) is 5.18. The van der Waals surface area contributed by atoms with Crippen molar-refractivity contribution in [3.05, 3.63) is 60.2 Å². The lowest BCUT2D eigenvalue weighted by atomic mass is 9.78. The molecule has 2 heterocycles. The summed E-state index contributed by atoms with van der Waals surface area (Å²) in [7, 11) is 0. The number of amides is 1. The molecule has 1 aromatic heterocycles. The van der Waals surface area contributed by atoms with Crippen LogP contribution in [-0.4, -0.2) is 28.2 Å². The van der Waals surface area contributed by atoms with Crippen LogP contribution >= 0.6 is 12.4 Å². The first-order chi connectivity index (χ1) is 13.1. The van der Waals surface area contributed by atoms with Gasteiger partial charge >= 0.3 is 6.09 Å². The van der Waals surface area contributed by atoms with E-state index in [1.54, 1.807) is 18.2 Å². The fourth-order valence-corrected chi connectivity index (χ4v) is 4.32. The van der Waals surface area contributed by atoms with E-state index in [0.29, 0.717) is 18.2 Å². The average molecular weight is 402 g/mol. The zero-order valence-corrected chi connectivity index (χ0v) is 16.0. The Kier molecular flexibility index (Phi) is 4.75. The molecule has 1 N–H and O–H groups in total. The summed E-state index contributed by atoms with van der Waals surface area (Å²) in [5, 5.41) is 0. The number of rotatable bonds is 2. The molecule has 146 valence electrons. The van der Waals surface area contributed by atoms with Gasteiger partial charge in [-0.25, -0.2) is 14.2 Å². The molecule has 0 unspecified atom stereocenters. The Bertz CT molecular complexity index is 981. The van der Waals surface area contributed by atoms with Crippen LogP contribution in [0.15, 0.2) is 48.5 Å². The van der Waals surface area contributed by atoms with Crippen molar-refractivity contribution in [1.82, 2.24) is 9.97 Å². The Morgan fingerprint density at radius 1 is 1.11 bits per heavy atom. The van der Waals surface area contributed by atoms with E-state index >= 15 is 0 Å². The van der Waals surface area contributed by atoms with E-state index in [9.17, 15) is 9.18 Å². The van der Waals surface area contributed by atoms with Crippen LogP contribution in [0.3, 0.4) is 0 Å². The number of anilines is 1. The molecule has 0 bridgehead atoms. The molecule has 0 radical (unpaired) electrons. The summed E-state index contributed by atoms with van der Waals surface area (Å²) in [6.07, 6.45) is 2.83. The van der Waals surface area contributed by atoms with Crippen LogP contribution in [0.5, 0.6) is 0 Å². The van der Waals surface area contributed by atoms with Gasteiger partial charge in [-0.2, -0.15) is 0 Å². The maximum atomic E-state index is 14.1. The molecule has 1 saturated heterocycles. The van der Waals surface area contributed by atoms with Gasteiger partial charge in [0.15, 0.2) is 0 Å². The van der Waals surface area contributed by atoms with Gasteiger partial charge in [0, 0.05) is 5.92 Å². The second-order valence-electron chi connectivity index (χ2n) is 7.50.